The molecule has 3 aliphatic rings. The van der Waals surface area contributed by atoms with Crippen LogP contribution in [0.4, 0.5) is 0 Å². The van der Waals surface area contributed by atoms with Crippen LogP contribution in [-0.4, -0.2) is 38.3 Å². The second-order valence-electron chi connectivity index (χ2n) is 29.0. The van der Waals surface area contributed by atoms with E-state index in [1.54, 1.807) is 0 Å². The number of nitrogens with one attached hydrogen (secondary N) is 2. The number of aromatic amines is 2. The van der Waals surface area contributed by atoms with Gasteiger partial charge in [0.25, 0.3) is 0 Å². The van der Waals surface area contributed by atoms with Crippen molar-refractivity contribution >= 4 is 59.0 Å². The Morgan fingerprint density at radius 1 is 0.347 bits per heavy atom. The molecule has 3 aromatic heterocycles. The normalized spacial score (nSPS) is 16.1. The number of hydrogen-bond acceptors (Lipinski definition) is 4. The van der Waals surface area contributed by atoms with Crippen LogP contribution >= 0.6 is 0 Å². The average Bonchev–Trinajstić information content (AvgIpc) is 4.13. The van der Waals surface area contributed by atoms with Gasteiger partial charge in [-0.05, 0) is 159 Å². The molecule has 0 spiro atoms. The number of aromatic nitrogens is 4. The Labute approximate surface area is 450 Å². The maximum absolute atomic E-state index is 6.98. The fourth-order valence-corrected chi connectivity index (χ4v) is 10.3. The lowest BCUT2D eigenvalue weighted by molar-refractivity contribution is 0.00578. The number of H-pyrrole nitrogens is 2. The molecule has 6 aromatic rings. The van der Waals surface area contributed by atoms with Crippen LogP contribution < -0.4 is 5.46 Å². The van der Waals surface area contributed by atoms with Gasteiger partial charge < -0.3 is 19.3 Å². The maximum Gasteiger partial charge on any atom is 0.499 e. The van der Waals surface area contributed by atoms with Gasteiger partial charge >= 0.3 is 7.12 Å². The molecule has 0 atom stereocenters. The minimum absolute atomic E-state index is 0.101. The zero-order valence-corrected chi connectivity index (χ0v) is 49.6. The Hall–Kier alpha value is -5.76. The molecule has 75 heavy (non-hydrogen) atoms. The third-order valence-corrected chi connectivity index (χ3v) is 16.1. The van der Waals surface area contributed by atoms with Crippen molar-refractivity contribution in [2.45, 2.75) is 196 Å². The van der Waals surface area contributed by atoms with Gasteiger partial charge in [0.15, 0.2) is 0 Å². The first-order valence-corrected chi connectivity index (χ1v) is 27.4. The van der Waals surface area contributed by atoms with E-state index in [0.717, 1.165) is 83.7 Å². The van der Waals surface area contributed by atoms with Crippen LogP contribution in [0.3, 0.4) is 0 Å². The van der Waals surface area contributed by atoms with Gasteiger partial charge in [0, 0.05) is 44.2 Å². The molecule has 3 aliphatic heterocycles. The summed E-state index contributed by atoms with van der Waals surface area (Å²) in [4.78, 5) is 19.6. The molecule has 7 heteroatoms. The van der Waals surface area contributed by atoms with Gasteiger partial charge in [0.05, 0.1) is 34.0 Å². The van der Waals surface area contributed by atoms with Crippen molar-refractivity contribution in [2.24, 2.45) is 0 Å². The summed E-state index contributed by atoms with van der Waals surface area (Å²) < 4.78 is 14.0. The van der Waals surface area contributed by atoms with E-state index >= 15 is 0 Å². The van der Waals surface area contributed by atoms with Crippen molar-refractivity contribution < 1.29 is 9.31 Å². The van der Waals surface area contributed by atoms with Gasteiger partial charge in [-0.15, -0.1) is 0 Å². The lowest BCUT2D eigenvalue weighted by atomic mass is 9.77. The molecule has 1 saturated heterocycles. The lowest BCUT2D eigenvalue weighted by Gasteiger charge is -2.32. The maximum atomic E-state index is 6.98. The summed E-state index contributed by atoms with van der Waals surface area (Å²) in [5.41, 5.74) is 20.4. The third-order valence-electron chi connectivity index (χ3n) is 16.1. The molecule has 0 saturated carbocycles. The Morgan fingerprint density at radius 3 is 0.867 bits per heavy atom. The van der Waals surface area contributed by atoms with Crippen molar-refractivity contribution in [1.82, 2.24) is 19.9 Å². The summed E-state index contributed by atoms with van der Waals surface area (Å²) in [5, 5.41) is 0. The monoisotopic (exact) mass is 1000 g/mol. The van der Waals surface area contributed by atoms with Gasteiger partial charge in [0.2, 0.25) is 0 Å². The van der Waals surface area contributed by atoms with Crippen LogP contribution in [0.2, 0.25) is 0 Å². The van der Waals surface area contributed by atoms with Crippen LogP contribution in [-0.2, 0) is 41.8 Å². The van der Waals surface area contributed by atoms with Crippen molar-refractivity contribution in [3.8, 4) is 33.4 Å². The zero-order valence-electron chi connectivity index (χ0n) is 49.6. The first-order valence-electron chi connectivity index (χ1n) is 27.4. The van der Waals surface area contributed by atoms with E-state index in [4.69, 9.17) is 19.3 Å². The predicted molar refractivity (Wildman–Crippen MR) is 323 cm³/mol. The van der Waals surface area contributed by atoms with E-state index in [1.807, 2.05) is 0 Å². The second-order valence-corrected chi connectivity index (χ2v) is 29.0. The summed E-state index contributed by atoms with van der Waals surface area (Å²) in [5.74, 6) is 0. The molecule has 6 nitrogen and oxygen atoms in total. The van der Waals surface area contributed by atoms with Crippen LogP contribution in [0, 0.1) is 0 Å². The van der Waals surface area contributed by atoms with E-state index in [1.165, 1.54) is 33.4 Å². The Kier molecular flexibility index (Phi) is 12.9. The number of benzene rings is 3. The average molecular weight is 1000 g/mol. The van der Waals surface area contributed by atoms with Crippen molar-refractivity contribution in [2.75, 3.05) is 0 Å². The Bertz CT molecular complexity index is 3310. The highest BCUT2D eigenvalue weighted by atomic mass is 16.7. The van der Waals surface area contributed by atoms with Gasteiger partial charge in [-0.1, -0.05) is 179 Å². The van der Waals surface area contributed by atoms with Crippen molar-refractivity contribution in [3.05, 3.63) is 135 Å². The molecule has 0 unspecified atom stereocenters. The van der Waals surface area contributed by atoms with E-state index in [9.17, 15) is 0 Å². The molecule has 6 heterocycles. The van der Waals surface area contributed by atoms with E-state index < -0.39 is 18.3 Å². The molecule has 0 amide bonds. The highest BCUT2D eigenvalue weighted by molar-refractivity contribution is 6.65. The first kappa shape index (κ1) is 54.0. The van der Waals surface area contributed by atoms with Crippen molar-refractivity contribution in [3.63, 3.8) is 0 Å². The number of fused-ring (bicyclic) bond motifs is 8. The van der Waals surface area contributed by atoms with Crippen LogP contribution in [0.25, 0.3) is 79.8 Å². The molecule has 3 aromatic carbocycles. The molecule has 0 radical (unpaired) electrons. The molecule has 8 bridgehead atoms. The summed E-state index contributed by atoms with van der Waals surface area (Å²) >= 11 is 0. The van der Waals surface area contributed by atoms with Gasteiger partial charge in [-0.25, -0.2) is 9.97 Å². The summed E-state index contributed by atoms with van der Waals surface area (Å²) in [6, 6.07) is 30.4. The highest BCUT2D eigenvalue weighted by Gasteiger charge is 2.53. The largest absolute Gasteiger partial charge is 0.499 e. The van der Waals surface area contributed by atoms with Gasteiger partial charge in [0.1, 0.15) is 0 Å². The lowest BCUT2D eigenvalue weighted by Crippen LogP contribution is -2.41. The predicted octanol–water partition coefficient (Wildman–Crippen LogP) is 17.7. The SMILES string of the molecule is CC(C)(C)c1cc(-c2c3nc(c(-c4cc(C(C)(C)C)cc(C(C)(C)C)c4)c4ccc([nH]4)c(-c4cc(C(C)(C)C)cc(C(C)(C)C)c4)c4nc(c(B5OC(C)(C)C(C)(C)O5)c5ccc2[nH]5)C=C4)C=C3)cc(C(C)(C)C)c1. The summed E-state index contributed by atoms with van der Waals surface area (Å²) in [7, 11) is -0.705. The minimum Gasteiger partial charge on any atom is -0.399 e. The molecule has 2 N–H and O–H groups in total. The topological polar surface area (TPSA) is 75.8 Å². The smallest absolute Gasteiger partial charge is 0.399 e. The molecule has 0 aliphatic carbocycles. The van der Waals surface area contributed by atoms with E-state index in [0.29, 0.717) is 0 Å². The summed E-state index contributed by atoms with van der Waals surface area (Å²) in [6.45, 7) is 50.0. The van der Waals surface area contributed by atoms with Gasteiger partial charge in [-0.2, -0.15) is 0 Å². The molecule has 1 fully saturated rings. The van der Waals surface area contributed by atoms with Gasteiger partial charge in [-0.3, -0.25) is 0 Å². The van der Waals surface area contributed by atoms with Crippen LogP contribution in [0.5, 0.6) is 0 Å². The quantitative estimate of drug-likeness (QED) is 0.172. The van der Waals surface area contributed by atoms with Crippen LogP contribution in [0.1, 0.15) is 208 Å². The molecular weight excluding hydrogens is 916 g/mol. The number of hydrogen-bond donors (Lipinski definition) is 2. The van der Waals surface area contributed by atoms with E-state index in [-0.39, 0.29) is 32.5 Å². The van der Waals surface area contributed by atoms with Crippen molar-refractivity contribution in [1.29, 1.82) is 0 Å². The molecule has 9 rings (SSSR count). The fourth-order valence-electron chi connectivity index (χ4n) is 10.3. The minimum atomic E-state index is -0.705. The standard InChI is InChI=1S/C68H85BN4O2/c1-61(2,3)43-31-40(32-44(37-43)62(4,5)6)57-49-23-25-51(70-49)58(41-33-45(63(7,8)9)38-46(34-41)64(10,11)12)53-27-29-55(72-53)60(69-74-67(19,20)68(21,22)75-69)56-30-28-54(73-56)59(52-26-24-50(57)71-52)42-35-47(65(13,14)15)39-48(36-42)66(16,17)18/h23-39,70,73H,1-22H3. The Balaban J connectivity index is 1.52. The fraction of sp³-hybridized carbons (Fsp3) is 0.441. The number of nitrogens with zero attached hydrogens (tertiary/aromatic N) is 2. The highest BCUT2D eigenvalue weighted by Crippen LogP contribution is 2.44. The zero-order chi connectivity index (χ0) is 55.0. The summed E-state index contributed by atoms with van der Waals surface area (Å²) in [6.07, 6.45) is 8.78. The van der Waals surface area contributed by atoms with E-state index in [2.05, 4.69) is 265 Å². The second kappa shape index (κ2) is 17.9. The third kappa shape index (κ3) is 10.5. The molecular formula is C68H85BN4O2. The van der Waals surface area contributed by atoms with Crippen LogP contribution in [0.15, 0.2) is 78.9 Å². The number of rotatable bonds is 4. The molecule has 392 valence electrons. The Morgan fingerprint density at radius 2 is 0.587 bits per heavy atom. The first-order chi connectivity index (χ1) is 34.4.